The maximum atomic E-state index is 5.76. The van der Waals surface area contributed by atoms with Gasteiger partial charge in [-0.2, -0.15) is 0 Å². The van der Waals surface area contributed by atoms with E-state index in [-0.39, 0.29) is 0 Å². The zero-order valence-electron chi connectivity index (χ0n) is 16.2. The van der Waals surface area contributed by atoms with Gasteiger partial charge in [0.1, 0.15) is 0 Å². The number of unbranched alkanes of at least 4 members (excludes halogenated alkanes) is 1. The Hall–Kier alpha value is -1.75. The highest BCUT2D eigenvalue weighted by atomic mass is 15.2. The van der Waals surface area contributed by atoms with Gasteiger partial charge in [-0.1, -0.05) is 30.3 Å². The molecule has 4 rings (SSSR count). The Balaban J connectivity index is 1.50. The summed E-state index contributed by atoms with van der Waals surface area (Å²) in [6, 6.07) is 14.2. The summed E-state index contributed by atoms with van der Waals surface area (Å²) in [6.07, 6.45) is 8.99. The standard InChI is InChI=1S/C23H32N4/c24-12-3-4-14-27(22-11-5-9-18-10-6-13-25-23(18)22)17-21-15-19-7-1-2-8-20(19)16-26-21/h1-2,6-8,10,13,21-22,26H,3-5,9,11-12,14-17,24H2/t21?,22-/m0/s1. The summed E-state index contributed by atoms with van der Waals surface area (Å²) >= 11 is 0. The molecule has 2 atom stereocenters. The van der Waals surface area contributed by atoms with Gasteiger partial charge in [-0.05, 0) is 74.4 Å². The molecule has 2 heterocycles. The molecule has 0 bridgehead atoms. The third-order valence-electron chi connectivity index (χ3n) is 6.13. The number of benzene rings is 1. The van der Waals surface area contributed by atoms with Crippen LogP contribution in [0, 0.1) is 0 Å². The molecule has 144 valence electrons. The predicted octanol–water partition coefficient (Wildman–Crippen LogP) is 3.21. The molecule has 3 N–H and O–H groups in total. The number of nitrogens with two attached hydrogens (primary N) is 1. The molecule has 4 heteroatoms. The van der Waals surface area contributed by atoms with Crippen molar-refractivity contribution in [1.29, 1.82) is 0 Å². The van der Waals surface area contributed by atoms with Crippen molar-refractivity contribution in [2.24, 2.45) is 5.73 Å². The van der Waals surface area contributed by atoms with Crippen molar-refractivity contribution in [2.45, 2.75) is 57.2 Å². The predicted molar refractivity (Wildman–Crippen MR) is 111 cm³/mol. The summed E-state index contributed by atoms with van der Waals surface area (Å²) in [7, 11) is 0. The summed E-state index contributed by atoms with van der Waals surface area (Å²) in [5.74, 6) is 0. The number of rotatable bonds is 7. The minimum atomic E-state index is 0.451. The monoisotopic (exact) mass is 364 g/mol. The Morgan fingerprint density at radius 2 is 1.93 bits per heavy atom. The highest BCUT2D eigenvalue weighted by Gasteiger charge is 2.29. The summed E-state index contributed by atoms with van der Waals surface area (Å²) in [6.45, 7) is 3.96. The molecule has 1 aliphatic carbocycles. The topological polar surface area (TPSA) is 54.2 Å². The van der Waals surface area contributed by atoms with Gasteiger partial charge < -0.3 is 11.1 Å². The molecule has 0 amide bonds. The van der Waals surface area contributed by atoms with E-state index in [1.54, 1.807) is 0 Å². The highest BCUT2D eigenvalue weighted by Crippen LogP contribution is 2.33. The number of fused-ring (bicyclic) bond motifs is 2. The normalized spacial score (nSPS) is 21.7. The molecule has 2 aromatic rings. The van der Waals surface area contributed by atoms with Gasteiger partial charge in [0.15, 0.2) is 0 Å². The molecular weight excluding hydrogens is 332 g/mol. The minimum Gasteiger partial charge on any atom is -0.330 e. The largest absolute Gasteiger partial charge is 0.330 e. The second-order valence-corrected chi connectivity index (χ2v) is 8.00. The molecule has 2 aliphatic rings. The van der Waals surface area contributed by atoms with Crippen LogP contribution in [0.15, 0.2) is 42.6 Å². The molecular formula is C23H32N4. The zero-order chi connectivity index (χ0) is 18.5. The smallest absolute Gasteiger partial charge is 0.0607 e. The van der Waals surface area contributed by atoms with Crippen LogP contribution in [0.1, 0.15) is 54.1 Å². The molecule has 27 heavy (non-hydrogen) atoms. The molecule has 1 aromatic carbocycles. The van der Waals surface area contributed by atoms with E-state index in [4.69, 9.17) is 10.7 Å². The Morgan fingerprint density at radius 1 is 1.07 bits per heavy atom. The third kappa shape index (κ3) is 4.40. The number of nitrogens with zero attached hydrogens (tertiary/aromatic N) is 2. The van der Waals surface area contributed by atoms with Gasteiger partial charge in [-0.3, -0.25) is 9.88 Å². The van der Waals surface area contributed by atoms with Gasteiger partial charge in [0.25, 0.3) is 0 Å². The van der Waals surface area contributed by atoms with E-state index in [9.17, 15) is 0 Å². The highest BCUT2D eigenvalue weighted by molar-refractivity contribution is 5.30. The summed E-state index contributed by atoms with van der Waals surface area (Å²) in [5, 5.41) is 3.77. The van der Waals surface area contributed by atoms with Crippen molar-refractivity contribution in [3.05, 3.63) is 65.0 Å². The Morgan fingerprint density at radius 3 is 2.81 bits per heavy atom. The number of aryl methyl sites for hydroxylation is 1. The number of pyridine rings is 1. The first-order valence-corrected chi connectivity index (χ1v) is 10.5. The molecule has 1 aromatic heterocycles. The Bertz CT molecular complexity index is 745. The maximum Gasteiger partial charge on any atom is 0.0607 e. The van der Waals surface area contributed by atoms with Crippen molar-refractivity contribution >= 4 is 0 Å². The van der Waals surface area contributed by atoms with E-state index in [1.165, 1.54) is 48.1 Å². The van der Waals surface area contributed by atoms with Crippen molar-refractivity contribution in [3.8, 4) is 0 Å². The van der Waals surface area contributed by atoms with Crippen LogP contribution in [0.3, 0.4) is 0 Å². The van der Waals surface area contributed by atoms with E-state index in [0.717, 1.165) is 39.0 Å². The average molecular weight is 365 g/mol. The van der Waals surface area contributed by atoms with Crippen LogP contribution in [0.5, 0.6) is 0 Å². The fourth-order valence-corrected chi connectivity index (χ4v) is 4.71. The second kappa shape index (κ2) is 8.96. The van der Waals surface area contributed by atoms with Crippen LogP contribution in [-0.2, 0) is 19.4 Å². The maximum absolute atomic E-state index is 5.76. The van der Waals surface area contributed by atoms with E-state index in [0.29, 0.717) is 12.1 Å². The minimum absolute atomic E-state index is 0.451. The average Bonchev–Trinajstić information content (AvgIpc) is 2.73. The van der Waals surface area contributed by atoms with Gasteiger partial charge >= 0.3 is 0 Å². The van der Waals surface area contributed by atoms with Gasteiger partial charge in [0, 0.05) is 25.3 Å². The molecule has 0 radical (unpaired) electrons. The van der Waals surface area contributed by atoms with E-state index < -0.39 is 0 Å². The van der Waals surface area contributed by atoms with E-state index in [1.807, 2.05) is 6.20 Å². The van der Waals surface area contributed by atoms with Crippen LogP contribution in [-0.4, -0.2) is 35.6 Å². The first-order chi connectivity index (χ1) is 13.3. The van der Waals surface area contributed by atoms with Crippen LogP contribution in [0.25, 0.3) is 0 Å². The van der Waals surface area contributed by atoms with Crippen LogP contribution >= 0.6 is 0 Å². The van der Waals surface area contributed by atoms with Crippen LogP contribution in [0.2, 0.25) is 0 Å². The molecule has 1 unspecified atom stereocenters. The zero-order valence-corrected chi connectivity index (χ0v) is 16.2. The van der Waals surface area contributed by atoms with Crippen molar-refractivity contribution < 1.29 is 0 Å². The molecule has 0 fully saturated rings. The third-order valence-corrected chi connectivity index (χ3v) is 6.13. The summed E-state index contributed by atoms with van der Waals surface area (Å²) in [5.41, 5.74) is 11.5. The SMILES string of the molecule is NCCCCN(CC1Cc2ccccc2CN1)[C@H]1CCCc2cccnc21. The second-order valence-electron chi connectivity index (χ2n) is 8.00. The molecule has 0 spiro atoms. The van der Waals surface area contributed by atoms with Gasteiger partial charge in [0.05, 0.1) is 11.7 Å². The summed E-state index contributed by atoms with van der Waals surface area (Å²) < 4.78 is 0. The van der Waals surface area contributed by atoms with Crippen molar-refractivity contribution in [2.75, 3.05) is 19.6 Å². The number of hydrogen-bond acceptors (Lipinski definition) is 4. The Kier molecular flexibility index (Phi) is 6.17. The number of aromatic nitrogens is 1. The summed E-state index contributed by atoms with van der Waals surface area (Å²) in [4.78, 5) is 7.48. The number of hydrogen-bond donors (Lipinski definition) is 2. The Labute approximate surface area is 163 Å². The first-order valence-electron chi connectivity index (χ1n) is 10.5. The quantitative estimate of drug-likeness (QED) is 0.741. The fourth-order valence-electron chi connectivity index (χ4n) is 4.71. The molecule has 0 saturated carbocycles. The van der Waals surface area contributed by atoms with Gasteiger partial charge in [-0.25, -0.2) is 0 Å². The van der Waals surface area contributed by atoms with Crippen LogP contribution in [0.4, 0.5) is 0 Å². The number of nitrogens with one attached hydrogen (secondary N) is 1. The lowest BCUT2D eigenvalue weighted by Gasteiger charge is -2.38. The van der Waals surface area contributed by atoms with E-state index in [2.05, 4.69) is 46.6 Å². The lowest BCUT2D eigenvalue weighted by Crippen LogP contribution is -2.46. The van der Waals surface area contributed by atoms with Crippen molar-refractivity contribution in [3.63, 3.8) is 0 Å². The molecule has 1 aliphatic heterocycles. The van der Waals surface area contributed by atoms with E-state index >= 15 is 0 Å². The lowest BCUT2D eigenvalue weighted by atomic mass is 9.89. The first kappa shape index (κ1) is 18.6. The van der Waals surface area contributed by atoms with Gasteiger partial charge in [-0.15, -0.1) is 0 Å². The molecule has 0 saturated heterocycles. The fraction of sp³-hybridized carbons (Fsp3) is 0.522. The van der Waals surface area contributed by atoms with Crippen molar-refractivity contribution in [1.82, 2.24) is 15.2 Å². The lowest BCUT2D eigenvalue weighted by molar-refractivity contribution is 0.151. The van der Waals surface area contributed by atoms with Crippen LogP contribution < -0.4 is 11.1 Å². The van der Waals surface area contributed by atoms with Gasteiger partial charge in [0.2, 0.25) is 0 Å². The molecule has 4 nitrogen and oxygen atoms in total.